The first kappa shape index (κ1) is 21.4. The Morgan fingerprint density at radius 2 is 1.35 bits per heavy atom. The molecule has 158 valence electrons. The second kappa shape index (κ2) is 9.93. The highest BCUT2D eigenvalue weighted by atomic mass is 16.5. The summed E-state index contributed by atoms with van der Waals surface area (Å²) in [5.41, 5.74) is 1.00. The molecule has 3 rings (SSSR count). The number of hydrogen-bond acceptors (Lipinski definition) is 5. The molecule has 0 saturated carbocycles. The van der Waals surface area contributed by atoms with Crippen LogP contribution in [0.2, 0.25) is 0 Å². The quantitative estimate of drug-likeness (QED) is 0.480. The summed E-state index contributed by atoms with van der Waals surface area (Å²) in [6, 6.07) is 19.6. The molecule has 0 spiro atoms. The van der Waals surface area contributed by atoms with Crippen LogP contribution in [0.1, 0.15) is 15.9 Å². The lowest BCUT2D eigenvalue weighted by atomic mass is 10.1. The topological polar surface area (TPSA) is 122 Å². The number of rotatable bonds is 9. The van der Waals surface area contributed by atoms with Gasteiger partial charge in [0.05, 0.1) is 17.7 Å². The van der Waals surface area contributed by atoms with E-state index in [0.29, 0.717) is 17.2 Å². The lowest BCUT2D eigenvalue weighted by Gasteiger charge is -2.10. The van der Waals surface area contributed by atoms with Crippen LogP contribution in [0.25, 0.3) is 0 Å². The van der Waals surface area contributed by atoms with Gasteiger partial charge in [-0.2, -0.15) is 0 Å². The Hall–Kier alpha value is -4.33. The molecule has 0 aromatic heterocycles. The van der Waals surface area contributed by atoms with E-state index in [0.717, 1.165) is 5.56 Å². The Labute approximate surface area is 177 Å². The number of hydrogen-bond donors (Lipinski definition) is 3. The minimum atomic E-state index is -1.11. The van der Waals surface area contributed by atoms with E-state index < -0.39 is 18.5 Å². The number of benzene rings is 3. The van der Waals surface area contributed by atoms with E-state index in [1.807, 2.05) is 0 Å². The first-order valence-electron chi connectivity index (χ1n) is 9.24. The minimum absolute atomic E-state index is 0.0268. The molecule has 0 bridgehead atoms. The summed E-state index contributed by atoms with van der Waals surface area (Å²) in [4.78, 5) is 34.0. The highest BCUT2D eigenvalue weighted by Gasteiger charge is 2.12. The summed E-state index contributed by atoms with van der Waals surface area (Å²) in [5, 5.41) is 20.4. The molecule has 3 aromatic carbocycles. The maximum Gasteiger partial charge on any atom is 0.341 e. The van der Waals surface area contributed by atoms with E-state index in [9.17, 15) is 19.5 Å². The van der Waals surface area contributed by atoms with Gasteiger partial charge in [-0.05, 0) is 54.1 Å². The Kier molecular flexibility index (Phi) is 6.85. The third-order valence-corrected chi connectivity index (χ3v) is 4.14. The fourth-order valence-electron chi connectivity index (χ4n) is 2.72. The van der Waals surface area contributed by atoms with Gasteiger partial charge >= 0.3 is 11.9 Å². The second-order valence-electron chi connectivity index (χ2n) is 6.48. The van der Waals surface area contributed by atoms with Crippen molar-refractivity contribution in [3.8, 4) is 17.2 Å². The first-order chi connectivity index (χ1) is 14.9. The van der Waals surface area contributed by atoms with Crippen molar-refractivity contribution in [2.24, 2.45) is 0 Å². The van der Waals surface area contributed by atoms with Crippen molar-refractivity contribution in [1.82, 2.24) is 0 Å². The minimum Gasteiger partial charge on any atom is -0.482 e. The fourth-order valence-corrected chi connectivity index (χ4v) is 2.72. The molecule has 0 aliphatic heterocycles. The van der Waals surface area contributed by atoms with Crippen LogP contribution in [0.3, 0.4) is 0 Å². The zero-order valence-corrected chi connectivity index (χ0v) is 16.3. The molecule has 3 aromatic rings. The van der Waals surface area contributed by atoms with Gasteiger partial charge in [0, 0.05) is 0 Å². The number of aliphatic carboxylic acids is 1. The number of nitrogens with one attached hydrogen (secondary N) is 1. The van der Waals surface area contributed by atoms with E-state index >= 15 is 0 Å². The number of carboxylic acid groups (broad SMARTS) is 2. The third kappa shape index (κ3) is 6.33. The molecule has 31 heavy (non-hydrogen) atoms. The number of amides is 1. The zero-order valence-electron chi connectivity index (χ0n) is 16.3. The van der Waals surface area contributed by atoms with Gasteiger partial charge in [-0.25, -0.2) is 9.59 Å². The number of para-hydroxylation sites is 1. The van der Waals surface area contributed by atoms with Crippen LogP contribution < -0.4 is 14.8 Å². The summed E-state index contributed by atoms with van der Waals surface area (Å²) in [6.45, 7) is -0.420. The smallest absolute Gasteiger partial charge is 0.341 e. The van der Waals surface area contributed by atoms with Gasteiger partial charge in [-0.15, -0.1) is 0 Å². The standard InChI is InChI=1S/C23H19NO7/c25-21(24-20-4-2-1-3-19(20)23(28)29)13-15-5-7-17(8-6-15)31-18-11-9-16(10-12-18)30-14-22(26)27/h1-12H,13-14H2,(H,24,25)(H,26,27)(H,28,29). The van der Waals surface area contributed by atoms with Crippen LogP contribution in [0.15, 0.2) is 72.8 Å². The highest BCUT2D eigenvalue weighted by Crippen LogP contribution is 2.24. The van der Waals surface area contributed by atoms with E-state index in [-0.39, 0.29) is 23.6 Å². The average molecular weight is 421 g/mol. The molecule has 0 radical (unpaired) electrons. The average Bonchev–Trinajstić information content (AvgIpc) is 2.75. The van der Waals surface area contributed by atoms with Gasteiger partial charge in [-0.1, -0.05) is 24.3 Å². The largest absolute Gasteiger partial charge is 0.482 e. The Bertz CT molecular complexity index is 1080. The maximum absolute atomic E-state index is 12.3. The highest BCUT2D eigenvalue weighted by molar-refractivity contribution is 6.01. The molecular formula is C23H19NO7. The Balaban J connectivity index is 1.56. The number of aromatic carboxylic acids is 1. The van der Waals surface area contributed by atoms with Crippen LogP contribution in [-0.2, 0) is 16.0 Å². The van der Waals surface area contributed by atoms with Gasteiger partial charge in [-0.3, -0.25) is 4.79 Å². The molecular weight excluding hydrogens is 402 g/mol. The molecule has 8 heteroatoms. The zero-order chi connectivity index (χ0) is 22.2. The normalized spacial score (nSPS) is 10.2. The first-order valence-corrected chi connectivity index (χ1v) is 9.24. The predicted molar refractivity (Wildman–Crippen MR) is 112 cm³/mol. The van der Waals surface area contributed by atoms with Gasteiger partial charge in [0.15, 0.2) is 6.61 Å². The van der Waals surface area contributed by atoms with Gasteiger partial charge < -0.3 is 25.0 Å². The molecule has 8 nitrogen and oxygen atoms in total. The molecule has 0 saturated heterocycles. The number of carbonyl (C=O) groups is 3. The van der Waals surface area contributed by atoms with Crippen LogP contribution in [0.4, 0.5) is 5.69 Å². The van der Waals surface area contributed by atoms with Crippen molar-refractivity contribution in [2.45, 2.75) is 6.42 Å². The third-order valence-electron chi connectivity index (χ3n) is 4.14. The van der Waals surface area contributed by atoms with Crippen LogP contribution in [0.5, 0.6) is 17.2 Å². The fraction of sp³-hybridized carbons (Fsp3) is 0.0870. The van der Waals surface area contributed by atoms with Crippen molar-refractivity contribution >= 4 is 23.5 Å². The summed E-state index contributed by atoms with van der Waals surface area (Å²) in [6.07, 6.45) is 0.0733. The number of carboxylic acids is 2. The summed E-state index contributed by atoms with van der Waals surface area (Å²) in [7, 11) is 0. The molecule has 0 aliphatic carbocycles. The number of ether oxygens (including phenoxy) is 2. The molecule has 0 heterocycles. The Morgan fingerprint density at radius 3 is 1.97 bits per heavy atom. The number of carbonyl (C=O) groups excluding carboxylic acids is 1. The predicted octanol–water partition coefficient (Wildman–Crippen LogP) is 3.82. The van der Waals surface area contributed by atoms with Crippen molar-refractivity contribution < 1.29 is 34.1 Å². The van der Waals surface area contributed by atoms with Gasteiger partial charge in [0.2, 0.25) is 5.91 Å². The SMILES string of the molecule is O=C(O)COc1ccc(Oc2ccc(CC(=O)Nc3ccccc3C(=O)O)cc2)cc1. The maximum atomic E-state index is 12.3. The van der Waals surface area contributed by atoms with E-state index in [1.54, 1.807) is 60.7 Å². The summed E-state index contributed by atoms with van der Waals surface area (Å²) >= 11 is 0. The van der Waals surface area contributed by atoms with Crippen molar-refractivity contribution in [3.05, 3.63) is 83.9 Å². The molecule has 1 amide bonds. The van der Waals surface area contributed by atoms with E-state index in [1.165, 1.54) is 12.1 Å². The lowest BCUT2D eigenvalue weighted by Crippen LogP contribution is -2.16. The molecule has 0 unspecified atom stereocenters. The Morgan fingerprint density at radius 1 is 0.774 bits per heavy atom. The van der Waals surface area contributed by atoms with Crippen LogP contribution in [0, 0.1) is 0 Å². The van der Waals surface area contributed by atoms with Crippen molar-refractivity contribution in [1.29, 1.82) is 0 Å². The van der Waals surface area contributed by atoms with Crippen LogP contribution in [-0.4, -0.2) is 34.7 Å². The van der Waals surface area contributed by atoms with Crippen LogP contribution >= 0.6 is 0 Å². The summed E-state index contributed by atoms with van der Waals surface area (Å²) in [5.74, 6) is -0.989. The molecule has 0 atom stereocenters. The lowest BCUT2D eigenvalue weighted by molar-refractivity contribution is -0.139. The van der Waals surface area contributed by atoms with Crippen molar-refractivity contribution in [3.63, 3.8) is 0 Å². The van der Waals surface area contributed by atoms with Gasteiger partial charge in [0.25, 0.3) is 0 Å². The van der Waals surface area contributed by atoms with E-state index in [4.69, 9.17) is 14.6 Å². The molecule has 0 fully saturated rings. The van der Waals surface area contributed by atoms with Gasteiger partial charge in [0.1, 0.15) is 17.2 Å². The van der Waals surface area contributed by atoms with E-state index in [2.05, 4.69) is 5.32 Å². The molecule has 0 aliphatic rings. The summed E-state index contributed by atoms with van der Waals surface area (Å²) < 4.78 is 10.8. The molecule has 3 N–H and O–H groups in total. The second-order valence-corrected chi connectivity index (χ2v) is 6.48. The monoisotopic (exact) mass is 421 g/mol. The van der Waals surface area contributed by atoms with Crippen molar-refractivity contribution in [2.75, 3.05) is 11.9 Å². The number of anilines is 1.